The van der Waals surface area contributed by atoms with E-state index in [1.807, 2.05) is 5.38 Å². The predicted molar refractivity (Wildman–Crippen MR) is 80.7 cm³/mol. The van der Waals surface area contributed by atoms with Crippen molar-refractivity contribution in [3.63, 3.8) is 0 Å². The molecule has 2 heterocycles. The highest BCUT2D eigenvalue weighted by Gasteiger charge is 2.54. The second-order valence-corrected chi connectivity index (χ2v) is 7.02. The Morgan fingerprint density at radius 1 is 1.62 bits per heavy atom. The van der Waals surface area contributed by atoms with E-state index in [2.05, 4.69) is 24.1 Å². The summed E-state index contributed by atoms with van der Waals surface area (Å²) in [5.74, 6) is 0.968. The third-order valence-electron chi connectivity index (χ3n) is 4.43. The molecule has 1 N–H and O–H groups in total. The van der Waals surface area contributed by atoms with E-state index >= 15 is 0 Å². The van der Waals surface area contributed by atoms with Crippen LogP contribution >= 0.6 is 11.3 Å². The topological polar surface area (TPSA) is 60.5 Å². The van der Waals surface area contributed by atoms with Gasteiger partial charge in [-0.15, -0.1) is 11.3 Å². The molecule has 0 unspecified atom stereocenters. The zero-order valence-corrected chi connectivity index (χ0v) is 13.5. The molecule has 1 aromatic rings. The minimum Gasteiger partial charge on any atom is -0.384 e. The van der Waals surface area contributed by atoms with E-state index in [4.69, 9.17) is 9.47 Å². The van der Waals surface area contributed by atoms with Crippen LogP contribution < -0.4 is 5.32 Å². The number of aromatic nitrogens is 1. The van der Waals surface area contributed by atoms with Crippen LogP contribution in [0.1, 0.15) is 41.7 Å². The lowest BCUT2D eigenvalue weighted by molar-refractivity contribution is -0.0810. The van der Waals surface area contributed by atoms with Gasteiger partial charge in [0.2, 0.25) is 0 Å². The number of rotatable bonds is 5. The Morgan fingerprint density at radius 3 is 3.10 bits per heavy atom. The molecule has 1 amide bonds. The third kappa shape index (κ3) is 2.72. The van der Waals surface area contributed by atoms with Gasteiger partial charge in [-0.05, 0) is 6.42 Å². The molecule has 3 rings (SSSR count). The molecule has 4 atom stereocenters. The number of ether oxygens (including phenoxy) is 2. The quantitative estimate of drug-likeness (QED) is 0.904. The molecule has 0 bridgehead atoms. The number of hydrogen-bond donors (Lipinski definition) is 1. The van der Waals surface area contributed by atoms with Gasteiger partial charge in [-0.1, -0.05) is 13.8 Å². The van der Waals surface area contributed by atoms with Crippen molar-refractivity contribution in [2.75, 3.05) is 20.3 Å². The van der Waals surface area contributed by atoms with Crippen molar-refractivity contribution in [1.29, 1.82) is 0 Å². The van der Waals surface area contributed by atoms with E-state index in [0.29, 0.717) is 24.1 Å². The summed E-state index contributed by atoms with van der Waals surface area (Å²) in [4.78, 5) is 16.8. The van der Waals surface area contributed by atoms with Gasteiger partial charge in [-0.25, -0.2) is 4.98 Å². The van der Waals surface area contributed by atoms with Gasteiger partial charge in [0, 0.05) is 42.9 Å². The Labute approximate surface area is 129 Å². The van der Waals surface area contributed by atoms with Crippen LogP contribution in [0.15, 0.2) is 5.38 Å². The normalized spacial score (nSPS) is 31.0. The molecule has 2 fully saturated rings. The van der Waals surface area contributed by atoms with E-state index in [1.165, 1.54) is 0 Å². The molecule has 6 heteroatoms. The van der Waals surface area contributed by atoms with Crippen LogP contribution in [0, 0.1) is 11.8 Å². The number of nitrogens with one attached hydrogen (secondary N) is 1. The fraction of sp³-hybridized carbons (Fsp3) is 0.733. The maximum Gasteiger partial charge on any atom is 0.271 e. The molecule has 0 aromatic carbocycles. The lowest BCUT2D eigenvalue weighted by Crippen LogP contribution is -2.62. The predicted octanol–water partition coefficient (Wildman–Crippen LogP) is 2.05. The Kier molecular flexibility index (Phi) is 4.28. The van der Waals surface area contributed by atoms with Crippen LogP contribution in [0.2, 0.25) is 0 Å². The number of fused-ring (bicyclic) bond motifs is 1. The summed E-state index contributed by atoms with van der Waals surface area (Å²) in [6, 6.07) is 0.147. The lowest BCUT2D eigenvalue weighted by atomic mass is 9.67. The molecule has 2 aliphatic rings. The van der Waals surface area contributed by atoms with Gasteiger partial charge in [0.05, 0.1) is 17.7 Å². The van der Waals surface area contributed by atoms with Crippen LogP contribution in [-0.2, 0) is 9.47 Å². The van der Waals surface area contributed by atoms with Gasteiger partial charge in [-0.2, -0.15) is 0 Å². The van der Waals surface area contributed by atoms with Gasteiger partial charge in [0.25, 0.3) is 5.91 Å². The molecule has 5 nitrogen and oxygen atoms in total. The van der Waals surface area contributed by atoms with Crippen LogP contribution in [0.3, 0.4) is 0 Å². The summed E-state index contributed by atoms with van der Waals surface area (Å²) in [5, 5.41) is 5.98. The van der Waals surface area contributed by atoms with Crippen LogP contribution in [0.25, 0.3) is 0 Å². The molecule has 1 aliphatic carbocycles. The molecule has 116 valence electrons. The summed E-state index contributed by atoms with van der Waals surface area (Å²) in [5.41, 5.74) is 0.530. The van der Waals surface area contributed by atoms with Crippen LogP contribution in [0.5, 0.6) is 0 Å². The van der Waals surface area contributed by atoms with Crippen molar-refractivity contribution >= 4 is 17.2 Å². The molecule has 1 saturated heterocycles. The smallest absolute Gasteiger partial charge is 0.271 e. The highest BCUT2D eigenvalue weighted by atomic mass is 32.1. The standard InChI is InChI=1S/C15H22N2O3S/c1-8(2)15-16-11(7-21-15)14(18)17-12-9-4-5-20-13(9)10(12)6-19-3/h7-10,12-13H,4-6H2,1-3H3,(H,17,18)/t9-,10+,12-,13-/m1/s1. The largest absolute Gasteiger partial charge is 0.384 e. The number of hydrogen-bond acceptors (Lipinski definition) is 5. The third-order valence-corrected chi connectivity index (χ3v) is 5.58. The summed E-state index contributed by atoms with van der Waals surface area (Å²) in [7, 11) is 1.69. The summed E-state index contributed by atoms with van der Waals surface area (Å²) in [6.45, 7) is 5.58. The number of carbonyl (C=O) groups excluding carboxylic acids is 1. The van der Waals surface area contributed by atoms with E-state index in [1.54, 1.807) is 18.4 Å². The van der Waals surface area contributed by atoms with Gasteiger partial charge in [-0.3, -0.25) is 4.79 Å². The summed E-state index contributed by atoms with van der Waals surface area (Å²) in [6.07, 6.45) is 1.27. The minimum atomic E-state index is -0.0744. The van der Waals surface area contributed by atoms with Gasteiger partial charge in [0.1, 0.15) is 5.69 Å². The van der Waals surface area contributed by atoms with Gasteiger partial charge >= 0.3 is 0 Å². The molecular formula is C15H22N2O3S. The van der Waals surface area contributed by atoms with E-state index in [9.17, 15) is 4.79 Å². The Balaban J connectivity index is 1.65. The number of amides is 1. The molecule has 21 heavy (non-hydrogen) atoms. The maximum atomic E-state index is 12.4. The average molecular weight is 310 g/mol. The molecular weight excluding hydrogens is 288 g/mol. The Hall–Kier alpha value is -0.980. The monoisotopic (exact) mass is 310 g/mol. The first-order chi connectivity index (χ1) is 10.1. The number of carbonyl (C=O) groups is 1. The zero-order chi connectivity index (χ0) is 15.0. The summed E-state index contributed by atoms with van der Waals surface area (Å²) >= 11 is 1.55. The van der Waals surface area contributed by atoms with E-state index in [-0.39, 0.29) is 24.0 Å². The van der Waals surface area contributed by atoms with Crippen molar-refractivity contribution in [2.45, 2.75) is 38.3 Å². The Bertz CT molecular complexity index is 517. The number of thiazole rings is 1. The number of methoxy groups -OCH3 is 1. The maximum absolute atomic E-state index is 12.4. The van der Waals surface area contributed by atoms with Crippen molar-refractivity contribution in [3.8, 4) is 0 Å². The second-order valence-electron chi connectivity index (χ2n) is 6.13. The Morgan fingerprint density at radius 2 is 2.43 bits per heavy atom. The minimum absolute atomic E-state index is 0.0744. The molecule has 1 saturated carbocycles. The van der Waals surface area contributed by atoms with Crippen LogP contribution in [0.4, 0.5) is 0 Å². The van der Waals surface area contributed by atoms with E-state index < -0.39 is 0 Å². The molecule has 0 radical (unpaired) electrons. The highest BCUT2D eigenvalue weighted by Crippen LogP contribution is 2.43. The first-order valence-electron chi connectivity index (χ1n) is 7.48. The molecule has 1 aromatic heterocycles. The highest BCUT2D eigenvalue weighted by molar-refractivity contribution is 7.09. The fourth-order valence-electron chi connectivity index (χ4n) is 3.32. The average Bonchev–Trinajstić information content (AvgIpc) is 3.09. The van der Waals surface area contributed by atoms with Crippen LogP contribution in [-0.4, -0.2) is 43.4 Å². The van der Waals surface area contributed by atoms with Gasteiger partial charge < -0.3 is 14.8 Å². The van der Waals surface area contributed by atoms with Gasteiger partial charge in [0.15, 0.2) is 0 Å². The van der Waals surface area contributed by atoms with E-state index in [0.717, 1.165) is 18.0 Å². The first-order valence-corrected chi connectivity index (χ1v) is 8.36. The van der Waals surface area contributed by atoms with Crippen molar-refractivity contribution in [3.05, 3.63) is 16.1 Å². The van der Waals surface area contributed by atoms with Crippen molar-refractivity contribution in [1.82, 2.24) is 10.3 Å². The second kappa shape index (κ2) is 6.02. The SMILES string of the molecule is COC[C@H]1[C@H](NC(=O)c2csc(C(C)C)n2)[C@H]2CCO[C@H]21. The molecule has 1 aliphatic heterocycles. The lowest BCUT2D eigenvalue weighted by Gasteiger charge is -2.47. The summed E-state index contributed by atoms with van der Waals surface area (Å²) < 4.78 is 11.0. The zero-order valence-electron chi connectivity index (χ0n) is 12.7. The van der Waals surface area contributed by atoms with Crippen molar-refractivity contribution < 1.29 is 14.3 Å². The first kappa shape index (κ1) is 14.9. The van der Waals surface area contributed by atoms with Crippen molar-refractivity contribution in [2.24, 2.45) is 11.8 Å². The number of nitrogens with zero attached hydrogens (tertiary/aromatic N) is 1. The molecule has 0 spiro atoms. The fourth-order valence-corrected chi connectivity index (χ4v) is 4.13.